The number of ether oxygens (including phenoxy) is 1. The average molecular weight is 246 g/mol. The van der Waals surface area contributed by atoms with E-state index in [1.54, 1.807) is 0 Å². The summed E-state index contributed by atoms with van der Waals surface area (Å²) in [7, 11) is 0. The van der Waals surface area contributed by atoms with Gasteiger partial charge in [0.25, 0.3) is 0 Å². The molecule has 0 spiro atoms. The molecule has 18 heavy (non-hydrogen) atoms. The molecule has 0 saturated carbocycles. The summed E-state index contributed by atoms with van der Waals surface area (Å²) in [6, 6.07) is 6.30. The fraction of sp³-hybridized carbons (Fsp3) is 0.562. The van der Waals surface area contributed by atoms with Crippen LogP contribution in [0, 0.1) is 12.8 Å². The number of benzene rings is 1. The summed E-state index contributed by atoms with van der Waals surface area (Å²) in [5.74, 6) is 1.82. The molecular formula is C16H22O2. The van der Waals surface area contributed by atoms with Crippen LogP contribution in [0.15, 0.2) is 18.2 Å². The second-order valence-electron chi connectivity index (χ2n) is 5.73. The molecule has 1 atom stereocenters. The van der Waals surface area contributed by atoms with Crippen LogP contribution in [0.25, 0.3) is 0 Å². The first kappa shape index (κ1) is 13.1. The van der Waals surface area contributed by atoms with Crippen molar-refractivity contribution in [3.63, 3.8) is 0 Å². The quantitative estimate of drug-likeness (QED) is 0.792. The molecule has 0 radical (unpaired) electrons. The predicted molar refractivity (Wildman–Crippen MR) is 73.0 cm³/mol. The molecular weight excluding hydrogens is 224 g/mol. The Labute approximate surface area is 109 Å². The van der Waals surface area contributed by atoms with Crippen LogP contribution >= 0.6 is 0 Å². The summed E-state index contributed by atoms with van der Waals surface area (Å²) in [5.41, 5.74) is 2.56. The summed E-state index contributed by atoms with van der Waals surface area (Å²) in [4.78, 5) is 11.7. The van der Waals surface area contributed by atoms with Gasteiger partial charge in [-0.25, -0.2) is 0 Å². The van der Waals surface area contributed by atoms with Crippen LogP contribution < -0.4 is 4.74 Å². The van der Waals surface area contributed by atoms with Crippen LogP contribution in [0.2, 0.25) is 0 Å². The van der Waals surface area contributed by atoms with E-state index < -0.39 is 0 Å². The third kappa shape index (κ3) is 3.34. The van der Waals surface area contributed by atoms with Gasteiger partial charge in [-0.1, -0.05) is 31.5 Å². The van der Waals surface area contributed by atoms with Gasteiger partial charge in [0.1, 0.15) is 17.6 Å². The maximum absolute atomic E-state index is 11.7. The molecule has 1 heterocycles. The molecule has 0 fully saturated rings. The Kier molecular flexibility index (Phi) is 4.05. The van der Waals surface area contributed by atoms with E-state index >= 15 is 0 Å². The lowest BCUT2D eigenvalue weighted by atomic mass is 10.00. The largest absolute Gasteiger partial charge is 0.490 e. The first-order chi connectivity index (χ1) is 8.54. The van der Waals surface area contributed by atoms with Crippen molar-refractivity contribution in [3.8, 4) is 5.75 Å². The van der Waals surface area contributed by atoms with E-state index in [1.807, 2.05) is 6.07 Å². The van der Waals surface area contributed by atoms with Crippen molar-refractivity contribution < 1.29 is 9.53 Å². The Hall–Kier alpha value is -1.31. The number of ketones is 1. The molecule has 0 aliphatic carbocycles. The minimum Gasteiger partial charge on any atom is -0.490 e. The van der Waals surface area contributed by atoms with Crippen LogP contribution in [-0.2, 0) is 11.2 Å². The van der Waals surface area contributed by atoms with Crippen LogP contribution in [0.1, 0.15) is 44.2 Å². The van der Waals surface area contributed by atoms with Gasteiger partial charge < -0.3 is 4.74 Å². The minimum atomic E-state index is 0.193. The smallest absolute Gasteiger partial charge is 0.133 e. The second-order valence-corrected chi connectivity index (χ2v) is 5.73. The van der Waals surface area contributed by atoms with Gasteiger partial charge >= 0.3 is 0 Å². The monoisotopic (exact) mass is 246 g/mol. The Balaban J connectivity index is 1.83. The molecule has 2 nitrogen and oxygen atoms in total. The van der Waals surface area contributed by atoms with Gasteiger partial charge in [0.15, 0.2) is 0 Å². The van der Waals surface area contributed by atoms with Crippen LogP contribution in [-0.4, -0.2) is 11.9 Å². The maximum Gasteiger partial charge on any atom is 0.133 e. The molecule has 1 aromatic rings. The number of rotatable bonds is 5. The Morgan fingerprint density at radius 3 is 2.94 bits per heavy atom. The van der Waals surface area contributed by atoms with Gasteiger partial charge in [0.05, 0.1) is 0 Å². The minimum absolute atomic E-state index is 0.193. The highest BCUT2D eigenvalue weighted by Gasteiger charge is 2.23. The molecule has 98 valence electrons. The van der Waals surface area contributed by atoms with E-state index in [1.165, 1.54) is 11.1 Å². The molecule has 0 saturated heterocycles. The van der Waals surface area contributed by atoms with Crippen molar-refractivity contribution in [1.82, 2.24) is 0 Å². The van der Waals surface area contributed by atoms with E-state index in [0.717, 1.165) is 18.6 Å². The zero-order valence-electron chi connectivity index (χ0n) is 11.5. The Morgan fingerprint density at radius 1 is 1.44 bits per heavy atom. The van der Waals surface area contributed by atoms with Crippen molar-refractivity contribution in [2.75, 3.05) is 0 Å². The normalized spacial score (nSPS) is 17.7. The molecule has 1 aliphatic heterocycles. The molecule has 0 N–H and O–H groups in total. The number of hydrogen-bond acceptors (Lipinski definition) is 2. The third-order valence-corrected chi connectivity index (χ3v) is 3.34. The van der Waals surface area contributed by atoms with Crippen LogP contribution in [0.5, 0.6) is 5.75 Å². The van der Waals surface area contributed by atoms with Gasteiger partial charge in [-0.05, 0) is 30.9 Å². The molecule has 0 aromatic heterocycles. The van der Waals surface area contributed by atoms with Gasteiger partial charge in [-0.15, -0.1) is 0 Å². The highest BCUT2D eigenvalue weighted by atomic mass is 16.5. The zero-order chi connectivity index (χ0) is 13.1. The fourth-order valence-corrected chi connectivity index (χ4v) is 2.49. The molecule has 2 rings (SSSR count). The number of carbonyl (C=O) groups excluding carboxylic acids is 1. The molecule has 0 amide bonds. The number of Topliss-reactive ketones (excluding diaryl/α,β-unsaturated/α-hetero) is 1. The van der Waals surface area contributed by atoms with E-state index in [4.69, 9.17) is 4.74 Å². The molecule has 1 unspecified atom stereocenters. The van der Waals surface area contributed by atoms with Crippen molar-refractivity contribution >= 4 is 5.78 Å². The van der Waals surface area contributed by atoms with Gasteiger partial charge in [-0.2, -0.15) is 0 Å². The summed E-state index contributed by atoms with van der Waals surface area (Å²) in [6.45, 7) is 6.27. The average Bonchev–Trinajstić information content (AvgIpc) is 2.67. The van der Waals surface area contributed by atoms with Gasteiger partial charge in [0, 0.05) is 19.3 Å². The van der Waals surface area contributed by atoms with Crippen LogP contribution in [0.3, 0.4) is 0 Å². The SMILES string of the molecule is Cc1ccc2c(c1)CC(CCC(=O)CC(C)C)O2. The highest BCUT2D eigenvalue weighted by Crippen LogP contribution is 2.31. The molecule has 0 bridgehead atoms. The van der Waals surface area contributed by atoms with Crippen LogP contribution in [0.4, 0.5) is 0 Å². The lowest BCUT2D eigenvalue weighted by Gasteiger charge is -2.10. The van der Waals surface area contributed by atoms with E-state index in [-0.39, 0.29) is 6.10 Å². The summed E-state index contributed by atoms with van der Waals surface area (Å²) in [5, 5.41) is 0. The summed E-state index contributed by atoms with van der Waals surface area (Å²) < 4.78 is 5.87. The second kappa shape index (κ2) is 5.55. The Bertz CT molecular complexity index is 435. The Morgan fingerprint density at radius 2 is 2.22 bits per heavy atom. The van der Waals surface area contributed by atoms with E-state index in [0.29, 0.717) is 24.5 Å². The standard InChI is InChI=1S/C16H22O2/c1-11(2)8-14(17)5-6-15-10-13-9-12(3)4-7-16(13)18-15/h4,7,9,11,15H,5-6,8,10H2,1-3H3. The number of carbonyl (C=O) groups is 1. The van der Waals surface area contributed by atoms with E-state index in [2.05, 4.69) is 32.9 Å². The van der Waals surface area contributed by atoms with Crippen molar-refractivity contribution in [2.24, 2.45) is 5.92 Å². The number of aryl methyl sites for hydroxylation is 1. The van der Waals surface area contributed by atoms with Gasteiger partial charge in [-0.3, -0.25) is 4.79 Å². The lowest BCUT2D eigenvalue weighted by Crippen LogP contribution is -2.15. The summed E-state index contributed by atoms with van der Waals surface area (Å²) >= 11 is 0. The lowest BCUT2D eigenvalue weighted by molar-refractivity contribution is -0.120. The first-order valence-corrected chi connectivity index (χ1v) is 6.82. The fourth-order valence-electron chi connectivity index (χ4n) is 2.49. The third-order valence-electron chi connectivity index (χ3n) is 3.34. The number of fused-ring (bicyclic) bond motifs is 1. The molecule has 1 aliphatic rings. The predicted octanol–water partition coefficient (Wildman–Crippen LogP) is 3.69. The summed E-state index contributed by atoms with van der Waals surface area (Å²) in [6.07, 6.45) is 3.33. The van der Waals surface area contributed by atoms with Crippen molar-refractivity contribution in [3.05, 3.63) is 29.3 Å². The van der Waals surface area contributed by atoms with Crippen molar-refractivity contribution in [1.29, 1.82) is 0 Å². The van der Waals surface area contributed by atoms with Crippen molar-refractivity contribution in [2.45, 2.75) is 52.6 Å². The van der Waals surface area contributed by atoms with Gasteiger partial charge in [0.2, 0.25) is 0 Å². The topological polar surface area (TPSA) is 26.3 Å². The maximum atomic E-state index is 11.7. The highest BCUT2D eigenvalue weighted by molar-refractivity contribution is 5.78. The first-order valence-electron chi connectivity index (χ1n) is 6.82. The number of hydrogen-bond donors (Lipinski definition) is 0. The molecule has 1 aromatic carbocycles. The van der Waals surface area contributed by atoms with E-state index in [9.17, 15) is 4.79 Å². The molecule has 2 heteroatoms. The zero-order valence-corrected chi connectivity index (χ0v) is 11.5.